The topological polar surface area (TPSA) is 12.5 Å². The third kappa shape index (κ3) is 3.49. The van der Waals surface area contributed by atoms with Crippen molar-refractivity contribution in [2.75, 3.05) is 26.3 Å². The van der Waals surface area contributed by atoms with Gasteiger partial charge in [-0.3, -0.25) is 4.90 Å². The summed E-state index contributed by atoms with van der Waals surface area (Å²) in [5.74, 6) is 0. The first kappa shape index (κ1) is 10.9. The molecule has 0 saturated carbocycles. The Morgan fingerprint density at radius 2 is 2.13 bits per heavy atom. The highest BCUT2D eigenvalue weighted by Crippen LogP contribution is 2.10. The highest BCUT2D eigenvalue weighted by molar-refractivity contribution is 6.20. The smallest absolute Gasteiger partial charge is 0.0696 e. The molecular weight excluding hydrogens is 210 g/mol. The summed E-state index contributed by atoms with van der Waals surface area (Å²) in [7, 11) is 0. The van der Waals surface area contributed by atoms with Gasteiger partial charge in [0.2, 0.25) is 0 Å². The van der Waals surface area contributed by atoms with Gasteiger partial charge in [-0.05, 0) is 5.56 Å². The zero-order valence-corrected chi connectivity index (χ0v) is 9.49. The Morgan fingerprint density at radius 3 is 2.93 bits per heavy atom. The van der Waals surface area contributed by atoms with Gasteiger partial charge in [-0.1, -0.05) is 30.3 Å². The molecule has 0 bridgehead atoms. The van der Waals surface area contributed by atoms with E-state index in [1.54, 1.807) is 0 Å². The minimum Gasteiger partial charge on any atom is -0.379 e. The predicted molar refractivity (Wildman–Crippen MR) is 62.2 cm³/mol. The molecule has 1 aromatic rings. The summed E-state index contributed by atoms with van der Waals surface area (Å²) in [5.41, 5.74) is 1.34. The molecule has 15 heavy (non-hydrogen) atoms. The Labute approximate surface area is 95.8 Å². The molecule has 0 radical (unpaired) electrons. The number of nitrogens with zero attached hydrogens (tertiary/aromatic N) is 1. The quantitative estimate of drug-likeness (QED) is 0.715. The van der Waals surface area contributed by atoms with Crippen LogP contribution in [-0.2, 0) is 11.3 Å². The lowest BCUT2D eigenvalue weighted by atomic mass is 10.2. The molecule has 1 atom stereocenters. The average molecular weight is 226 g/mol. The highest BCUT2D eigenvalue weighted by atomic mass is 35.5. The first-order chi connectivity index (χ1) is 7.34. The summed E-state index contributed by atoms with van der Waals surface area (Å²) in [6.07, 6.45) is 0. The molecule has 82 valence electrons. The van der Waals surface area contributed by atoms with Gasteiger partial charge in [-0.25, -0.2) is 0 Å². The normalized spacial score (nSPS) is 23.7. The number of rotatable bonds is 2. The van der Waals surface area contributed by atoms with Crippen molar-refractivity contribution < 1.29 is 4.74 Å². The molecule has 0 aliphatic carbocycles. The summed E-state index contributed by atoms with van der Waals surface area (Å²) >= 11 is 6.12. The lowest BCUT2D eigenvalue weighted by molar-refractivity contribution is 0.141. The van der Waals surface area contributed by atoms with E-state index in [0.717, 1.165) is 26.2 Å². The van der Waals surface area contributed by atoms with Crippen molar-refractivity contribution >= 4 is 11.6 Å². The van der Waals surface area contributed by atoms with Gasteiger partial charge in [0.25, 0.3) is 0 Å². The lowest BCUT2D eigenvalue weighted by Crippen LogP contribution is -2.29. The van der Waals surface area contributed by atoms with Gasteiger partial charge in [-0.2, -0.15) is 0 Å². The number of benzene rings is 1. The van der Waals surface area contributed by atoms with Gasteiger partial charge >= 0.3 is 0 Å². The molecule has 1 aliphatic heterocycles. The van der Waals surface area contributed by atoms with Crippen LogP contribution >= 0.6 is 11.6 Å². The van der Waals surface area contributed by atoms with Crippen molar-refractivity contribution in [3.63, 3.8) is 0 Å². The molecule has 2 nitrogen and oxygen atoms in total. The summed E-state index contributed by atoms with van der Waals surface area (Å²) in [6, 6.07) is 10.5. The van der Waals surface area contributed by atoms with Crippen molar-refractivity contribution in [1.82, 2.24) is 4.90 Å². The third-order valence-electron chi connectivity index (χ3n) is 2.56. The van der Waals surface area contributed by atoms with Gasteiger partial charge in [0.15, 0.2) is 0 Å². The summed E-state index contributed by atoms with van der Waals surface area (Å²) < 4.78 is 5.40. The second-order valence-corrected chi connectivity index (χ2v) is 4.51. The molecule has 1 heterocycles. The molecule has 1 aliphatic rings. The van der Waals surface area contributed by atoms with Crippen molar-refractivity contribution in [1.29, 1.82) is 0 Å². The Kier molecular flexibility index (Phi) is 4.01. The fourth-order valence-electron chi connectivity index (χ4n) is 1.81. The van der Waals surface area contributed by atoms with Crippen LogP contribution in [-0.4, -0.2) is 36.6 Å². The zero-order chi connectivity index (χ0) is 10.5. The van der Waals surface area contributed by atoms with Crippen molar-refractivity contribution in [2.45, 2.75) is 11.9 Å². The second kappa shape index (κ2) is 5.50. The van der Waals surface area contributed by atoms with Crippen LogP contribution in [0.4, 0.5) is 0 Å². The average Bonchev–Trinajstić information content (AvgIpc) is 2.44. The van der Waals surface area contributed by atoms with Gasteiger partial charge in [0, 0.05) is 19.6 Å². The molecule has 0 spiro atoms. The van der Waals surface area contributed by atoms with Crippen LogP contribution < -0.4 is 0 Å². The predicted octanol–water partition coefficient (Wildman–Crippen LogP) is 2.13. The Balaban J connectivity index is 1.93. The number of ether oxygens (including phenoxy) is 1. The van der Waals surface area contributed by atoms with E-state index in [1.165, 1.54) is 5.56 Å². The molecule has 0 N–H and O–H groups in total. The maximum absolute atomic E-state index is 6.12. The van der Waals surface area contributed by atoms with E-state index < -0.39 is 0 Å². The minimum atomic E-state index is 0.121. The van der Waals surface area contributed by atoms with E-state index in [-0.39, 0.29) is 5.38 Å². The van der Waals surface area contributed by atoms with E-state index in [9.17, 15) is 0 Å². The van der Waals surface area contributed by atoms with Crippen molar-refractivity contribution in [2.24, 2.45) is 0 Å². The largest absolute Gasteiger partial charge is 0.379 e. The standard InChI is InChI=1S/C12H16ClNO/c13-12-9-14(6-7-15-10-12)8-11-4-2-1-3-5-11/h1-5,12H,6-10H2. The Bertz CT molecular complexity index is 291. The molecule has 1 unspecified atom stereocenters. The Hall–Kier alpha value is -0.570. The second-order valence-electron chi connectivity index (χ2n) is 3.89. The SMILES string of the molecule is ClC1COCCN(Cc2ccccc2)C1. The molecule has 3 heteroatoms. The highest BCUT2D eigenvalue weighted by Gasteiger charge is 2.16. The Morgan fingerprint density at radius 1 is 1.33 bits per heavy atom. The van der Waals surface area contributed by atoms with E-state index in [0.29, 0.717) is 6.61 Å². The lowest BCUT2D eigenvalue weighted by Gasteiger charge is -2.20. The first-order valence-corrected chi connectivity index (χ1v) is 5.76. The molecule has 1 aromatic carbocycles. The van der Waals surface area contributed by atoms with Crippen LogP contribution in [0, 0.1) is 0 Å². The van der Waals surface area contributed by atoms with Crippen molar-refractivity contribution in [3.05, 3.63) is 35.9 Å². The molecule has 0 aromatic heterocycles. The molecular formula is C12H16ClNO. The van der Waals surface area contributed by atoms with E-state index >= 15 is 0 Å². The van der Waals surface area contributed by atoms with Crippen molar-refractivity contribution in [3.8, 4) is 0 Å². The summed E-state index contributed by atoms with van der Waals surface area (Å²) in [6.45, 7) is 4.31. The van der Waals surface area contributed by atoms with E-state index in [4.69, 9.17) is 16.3 Å². The monoisotopic (exact) mass is 225 g/mol. The molecule has 1 fully saturated rings. The fourth-order valence-corrected chi connectivity index (χ4v) is 2.10. The van der Waals surface area contributed by atoms with Crippen LogP contribution in [0.1, 0.15) is 5.56 Å². The van der Waals surface area contributed by atoms with Crippen LogP contribution in [0.3, 0.4) is 0 Å². The van der Waals surface area contributed by atoms with E-state index in [1.807, 2.05) is 6.07 Å². The number of hydrogen-bond donors (Lipinski definition) is 0. The van der Waals surface area contributed by atoms with Crippen LogP contribution in [0.2, 0.25) is 0 Å². The molecule has 1 saturated heterocycles. The number of halogens is 1. The number of alkyl halides is 1. The van der Waals surface area contributed by atoms with Crippen LogP contribution in [0.15, 0.2) is 30.3 Å². The van der Waals surface area contributed by atoms with Gasteiger partial charge in [0.1, 0.15) is 0 Å². The van der Waals surface area contributed by atoms with E-state index in [2.05, 4.69) is 29.2 Å². The van der Waals surface area contributed by atoms with Gasteiger partial charge in [-0.15, -0.1) is 11.6 Å². The molecule has 0 amide bonds. The maximum Gasteiger partial charge on any atom is 0.0696 e. The fraction of sp³-hybridized carbons (Fsp3) is 0.500. The number of hydrogen-bond acceptors (Lipinski definition) is 2. The maximum atomic E-state index is 6.12. The minimum absolute atomic E-state index is 0.121. The van der Waals surface area contributed by atoms with Gasteiger partial charge in [0.05, 0.1) is 18.6 Å². The van der Waals surface area contributed by atoms with Gasteiger partial charge < -0.3 is 4.74 Å². The van der Waals surface area contributed by atoms with Crippen LogP contribution in [0.5, 0.6) is 0 Å². The zero-order valence-electron chi connectivity index (χ0n) is 8.73. The first-order valence-electron chi connectivity index (χ1n) is 5.32. The third-order valence-corrected chi connectivity index (χ3v) is 2.82. The molecule has 2 rings (SSSR count). The summed E-state index contributed by atoms with van der Waals surface area (Å²) in [4.78, 5) is 2.35. The summed E-state index contributed by atoms with van der Waals surface area (Å²) in [5, 5.41) is 0.121. The van der Waals surface area contributed by atoms with Crippen LogP contribution in [0.25, 0.3) is 0 Å².